The van der Waals surface area contributed by atoms with Crippen LogP contribution in [0.4, 0.5) is 0 Å². The molecule has 0 aromatic carbocycles. The second-order valence-electron chi connectivity index (χ2n) is 5.71. The molecule has 6 nitrogen and oxygen atoms in total. The van der Waals surface area contributed by atoms with Crippen LogP contribution in [0.1, 0.15) is 33.9 Å². The maximum absolute atomic E-state index is 5.75. The summed E-state index contributed by atoms with van der Waals surface area (Å²) < 4.78 is -12.2. The molecule has 0 aliphatic rings. The minimum atomic E-state index is -2.07. The van der Waals surface area contributed by atoms with Crippen LogP contribution in [0.5, 0.6) is 0 Å². The highest BCUT2D eigenvalue weighted by Crippen LogP contribution is 2.53. The van der Waals surface area contributed by atoms with Crippen LogP contribution in [0, 0.1) is 0 Å². The Kier molecular flexibility index (Phi) is 13.7. The summed E-state index contributed by atoms with van der Waals surface area (Å²) in [6.07, 6.45) is 0. The molecule has 2 rings (SSSR count). The van der Waals surface area contributed by atoms with Gasteiger partial charge < -0.3 is 0 Å². The summed E-state index contributed by atoms with van der Waals surface area (Å²) in [6, 6.07) is 0. The molecule has 0 radical (unpaired) electrons. The van der Waals surface area contributed by atoms with E-state index in [-0.39, 0.29) is 33.9 Å². The highest BCUT2D eigenvalue weighted by atomic mass is 35.6. The van der Waals surface area contributed by atoms with Gasteiger partial charge >= 0.3 is 0 Å². The maximum Gasteiger partial charge on any atom is 0.234 e. The predicted octanol–water partition coefficient (Wildman–Crippen LogP) is 10.7. The summed E-state index contributed by atoms with van der Waals surface area (Å²) in [6.45, 7) is 0. The van der Waals surface area contributed by atoms with Gasteiger partial charge in [0.2, 0.25) is 22.8 Å². The first-order valence-corrected chi connectivity index (χ1v) is 14.4. The summed E-state index contributed by atoms with van der Waals surface area (Å²) in [5.41, 5.74) is -1.65. The average molecular weight is 866 g/mol. The van der Waals surface area contributed by atoms with Crippen LogP contribution in [0.3, 0.4) is 0 Å². The molecule has 0 saturated heterocycles. The molecule has 204 valence electrons. The smallest absolute Gasteiger partial charge is 0.130 e. The quantitative estimate of drug-likeness (QED) is 0.246. The van der Waals surface area contributed by atoms with E-state index in [4.69, 9.17) is 209 Å². The first-order valence-electron chi connectivity index (χ1n) is 7.60. The third-order valence-corrected chi connectivity index (χ3v) is 6.45. The fourth-order valence-electron chi connectivity index (χ4n) is 1.98. The molecule has 0 spiro atoms. The van der Waals surface area contributed by atoms with Crippen molar-refractivity contribution in [3.8, 4) is 0 Å². The molecule has 2 heterocycles. The van der Waals surface area contributed by atoms with Crippen molar-refractivity contribution >= 4 is 209 Å². The number of alkyl halides is 18. The summed E-state index contributed by atoms with van der Waals surface area (Å²) in [5, 5.41) is 20.6. The second kappa shape index (κ2) is 13.3. The van der Waals surface area contributed by atoms with Gasteiger partial charge in [-0.25, -0.2) is 0 Å². The lowest BCUT2D eigenvalue weighted by molar-refractivity contribution is 0.754. The Balaban J connectivity index is 0.000000360. The topological polar surface area (TPSA) is 77.3 Å². The molecule has 0 saturated carbocycles. The minimum absolute atomic E-state index is 0.248. The van der Waals surface area contributed by atoms with Gasteiger partial charge in [0.25, 0.3) is 0 Å². The van der Waals surface area contributed by atoms with Crippen molar-refractivity contribution < 1.29 is 0 Å². The Hall–Kier alpha value is 3.24. The average Bonchev–Trinajstić information content (AvgIpc) is 2.63. The third kappa shape index (κ3) is 10.8. The van der Waals surface area contributed by atoms with Gasteiger partial charge in [0, 0.05) is 0 Å². The fourth-order valence-corrected chi connectivity index (χ4v) is 4.64. The van der Waals surface area contributed by atoms with E-state index in [1.54, 1.807) is 0 Å². The lowest BCUT2D eigenvalue weighted by Crippen LogP contribution is -2.23. The van der Waals surface area contributed by atoms with Gasteiger partial charge in [-0.1, -0.05) is 209 Å². The van der Waals surface area contributed by atoms with Crippen molar-refractivity contribution in [2.75, 3.05) is 0 Å². The van der Waals surface area contributed by atoms with E-state index in [9.17, 15) is 0 Å². The zero-order valence-corrected chi connectivity index (χ0v) is 29.1. The van der Waals surface area contributed by atoms with Crippen molar-refractivity contribution in [3.63, 3.8) is 0 Å². The molecule has 2 aromatic heterocycles. The van der Waals surface area contributed by atoms with Crippen molar-refractivity contribution in [3.05, 3.63) is 33.9 Å². The lowest BCUT2D eigenvalue weighted by atomic mass is 10.2. The van der Waals surface area contributed by atoms with Crippen molar-refractivity contribution in [1.82, 2.24) is 30.8 Å². The minimum Gasteiger partial charge on any atom is -0.130 e. The van der Waals surface area contributed by atoms with Crippen LogP contribution in [0.2, 0.25) is 0 Å². The molecule has 0 atom stereocenters. The van der Waals surface area contributed by atoms with Crippen molar-refractivity contribution in [2.45, 2.75) is 22.8 Å². The molecule has 2 aromatic rings. The summed E-state index contributed by atoms with van der Waals surface area (Å²) >= 11 is 103. The Morgan fingerprint density at radius 3 is 0.556 bits per heavy atom. The number of halogens is 18. The van der Waals surface area contributed by atoms with E-state index in [1.165, 1.54) is 0 Å². The molecule has 0 N–H and O–H groups in total. The van der Waals surface area contributed by atoms with Crippen LogP contribution >= 0.6 is 209 Å². The van der Waals surface area contributed by atoms with E-state index < -0.39 is 22.8 Å². The van der Waals surface area contributed by atoms with Gasteiger partial charge in [-0.15, -0.1) is 20.4 Å². The van der Waals surface area contributed by atoms with Gasteiger partial charge in [-0.2, -0.15) is 0 Å². The van der Waals surface area contributed by atoms with Gasteiger partial charge in [0.1, 0.15) is 22.8 Å². The second-order valence-corrected chi connectivity index (χ2v) is 19.4. The molecule has 0 unspecified atom stereocenters. The molecule has 0 aliphatic carbocycles. The SMILES string of the molecule is ClC(Cl)(Cl)c1nnnc(C(Cl)(Cl)Cl)c1C(Cl)(Cl)Cl.ClC(Cl)(Cl)c1nnnc(C(Cl)(Cl)Cl)c1C(Cl)(Cl)Cl. The molecule has 0 fully saturated rings. The van der Waals surface area contributed by atoms with Gasteiger partial charge in [0.05, 0.1) is 11.1 Å². The highest BCUT2D eigenvalue weighted by Gasteiger charge is 2.45. The molecular formula is C12Cl18N6. The molecule has 0 aliphatic heterocycles. The van der Waals surface area contributed by atoms with Gasteiger partial charge in [-0.05, 0) is 10.4 Å². The number of hydrogen-bond donors (Lipinski definition) is 0. The molecule has 36 heavy (non-hydrogen) atoms. The molecule has 24 heteroatoms. The van der Waals surface area contributed by atoms with E-state index in [1.807, 2.05) is 0 Å². The predicted molar refractivity (Wildman–Crippen MR) is 155 cm³/mol. The highest BCUT2D eigenvalue weighted by molar-refractivity contribution is 6.71. The van der Waals surface area contributed by atoms with Crippen LogP contribution in [0.25, 0.3) is 0 Å². The molecular weight excluding hydrogens is 866 g/mol. The number of hydrogen-bond acceptors (Lipinski definition) is 6. The number of aromatic nitrogens is 6. The van der Waals surface area contributed by atoms with Crippen LogP contribution < -0.4 is 0 Å². The number of nitrogens with zero attached hydrogens (tertiary/aromatic N) is 6. The first-order chi connectivity index (χ1) is 15.7. The van der Waals surface area contributed by atoms with E-state index in [2.05, 4.69) is 30.8 Å². The lowest BCUT2D eigenvalue weighted by Gasteiger charge is -2.23. The van der Waals surface area contributed by atoms with Gasteiger partial charge in [-0.3, -0.25) is 0 Å². The summed E-state index contributed by atoms with van der Waals surface area (Å²) in [4.78, 5) is 0. The Morgan fingerprint density at radius 1 is 0.278 bits per heavy atom. The largest absolute Gasteiger partial charge is 0.234 e. The normalized spacial score (nSPS) is 13.8. The fraction of sp³-hybridized carbons (Fsp3) is 0.500. The van der Waals surface area contributed by atoms with Gasteiger partial charge in [0.15, 0.2) is 0 Å². The first kappa shape index (κ1) is 37.3. The summed E-state index contributed by atoms with van der Waals surface area (Å²) in [7, 11) is 0. The van der Waals surface area contributed by atoms with E-state index in [0.717, 1.165) is 0 Å². The zero-order chi connectivity index (χ0) is 28.7. The zero-order valence-electron chi connectivity index (χ0n) is 15.5. The molecule has 0 bridgehead atoms. The van der Waals surface area contributed by atoms with Crippen molar-refractivity contribution in [2.24, 2.45) is 0 Å². The van der Waals surface area contributed by atoms with Crippen LogP contribution in [-0.2, 0) is 22.8 Å². The Morgan fingerprint density at radius 2 is 0.444 bits per heavy atom. The Labute approximate surface area is 292 Å². The van der Waals surface area contributed by atoms with Crippen LogP contribution in [-0.4, -0.2) is 30.8 Å². The standard InChI is InChI=1S/2C6Cl9N3/c2*7-4(8,9)1-2(5(10,11)12)16-18-17-3(1)6(13,14)15. The summed E-state index contributed by atoms with van der Waals surface area (Å²) in [5.74, 6) is 0. The molecule has 0 amide bonds. The van der Waals surface area contributed by atoms with E-state index >= 15 is 0 Å². The maximum atomic E-state index is 5.75. The van der Waals surface area contributed by atoms with Crippen molar-refractivity contribution in [1.29, 1.82) is 0 Å². The monoisotopic (exact) mass is 857 g/mol. The third-order valence-electron chi connectivity index (χ3n) is 3.17. The van der Waals surface area contributed by atoms with Crippen LogP contribution in [0.15, 0.2) is 0 Å². The number of rotatable bonds is 0. The Bertz CT molecular complexity index is 907. The van der Waals surface area contributed by atoms with E-state index in [0.29, 0.717) is 0 Å².